The van der Waals surface area contributed by atoms with Crippen LogP contribution >= 0.6 is 0 Å². The molecule has 0 aliphatic rings. The van der Waals surface area contributed by atoms with E-state index in [0.29, 0.717) is 0 Å². The number of nitrogens with two attached hydrogens (primary N) is 1. The highest BCUT2D eigenvalue weighted by molar-refractivity contribution is 5.02. The number of hydrogen-bond acceptors (Lipinski definition) is 2. The van der Waals surface area contributed by atoms with Gasteiger partial charge < -0.3 is 10.3 Å². The third-order valence-electron chi connectivity index (χ3n) is 1.37. The average Bonchev–Trinajstić information content (AvgIpc) is 2.34. The number of hydrogen-bond donors (Lipinski definition) is 1. The molecule has 3 nitrogen and oxygen atoms in total. The normalized spacial score (nSPS) is 12.0. The van der Waals surface area contributed by atoms with Gasteiger partial charge in [0.15, 0.2) is 0 Å². The molecular weight excluding hydrogens is 171 g/mol. The Balaban J connectivity index is 2.91. The fourth-order valence-electron chi connectivity index (χ4n) is 0.874. The van der Waals surface area contributed by atoms with Crippen LogP contribution in [0.5, 0.6) is 0 Å². The fraction of sp³-hybridized carbons (Fsp3) is 0.500. The van der Waals surface area contributed by atoms with Gasteiger partial charge in [0.05, 0.1) is 12.5 Å². The molecule has 0 unspecified atom stereocenters. The second-order valence-electron chi connectivity index (χ2n) is 2.26. The molecule has 0 radical (unpaired) electrons. The van der Waals surface area contributed by atoms with Crippen LogP contribution in [-0.2, 0) is 12.7 Å². The number of aromatic nitrogens is 2. The minimum absolute atomic E-state index is 0.134. The van der Waals surface area contributed by atoms with Crippen molar-refractivity contribution >= 4 is 0 Å². The van der Waals surface area contributed by atoms with Crippen LogP contribution in [0.2, 0.25) is 0 Å². The quantitative estimate of drug-likeness (QED) is 0.731. The molecule has 1 aromatic rings. The average molecular weight is 179 g/mol. The van der Waals surface area contributed by atoms with E-state index < -0.39 is 11.9 Å². The van der Waals surface area contributed by atoms with E-state index in [1.54, 1.807) is 0 Å². The first kappa shape index (κ1) is 9.05. The van der Waals surface area contributed by atoms with Gasteiger partial charge in [-0.15, -0.1) is 0 Å². The number of imidazole rings is 1. The molecule has 0 amide bonds. The van der Waals surface area contributed by atoms with Gasteiger partial charge in [0.1, 0.15) is 5.69 Å². The predicted octanol–water partition coefficient (Wildman–Crippen LogP) is 0.861. The first-order chi connectivity index (χ1) is 5.55. The topological polar surface area (TPSA) is 43.8 Å². The van der Waals surface area contributed by atoms with Gasteiger partial charge in [0.2, 0.25) is 0 Å². The molecule has 0 aliphatic heterocycles. The first-order valence-electron chi connectivity index (χ1n) is 3.33. The van der Waals surface area contributed by atoms with Crippen molar-refractivity contribution in [2.75, 3.05) is 6.54 Å². The summed E-state index contributed by atoms with van der Waals surface area (Å²) in [4.78, 5) is 3.39. The molecule has 0 saturated heterocycles. The van der Waals surface area contributed by atoms with E-state index in [0.717, 1.165) is 17.1 Å². The maximum absolute atomic E-state index is 12.1. The van der Waals surface area contributed by atoms with Crippen molar-refractivity contribution in [3.05, 3.63) is 18.2 Å². The Hall–Kier alpha value is -1.04. The molecule has 68 valence electrons. The predicted molar refractivity (Wildman–Crippen MR) is 36.3 cm³/mol. The lowest BCUT2D eigenvalue weighted by Crippen LogP contribution is -2.17. The summed E-state index contributed by atoms with van der Waals surface area (Å²) < 4.78 is 37.3. The SMILES string of the molecule is NCCn1cncc1C(F)(F)F. The van der Waals surface area contributed by atoms with Gasteiger partial charge in [-0.3, -0.25) is 0 Å². The summed E-state index contributed by atoms with van der Waals surface area (Å²) in [5.41, 5.74) is 4.36. The van der Waals surface area contributed by atoms with E-state index in [9.17, 15) is 13.2 Å². The first-order valence-corrected chi connectivity index (χ1v) is 3.33. The van der Waals surface area contributed by atoms with E-state index >= 15 is 0 Å². The van der Waals surface area contributed by atoms with Crippen LogP contribution in [0.4, 0.5) is 13.2 Å². The Kier molecular flexibility index (Phi) is 2.37. The Bertz CT molecular complexity index is 253. The molecule has 0 bridgehead atoms. The van der Waals surface area contributed by atoms with Crippen LogP contribution in [-0.4, -0.2) is 16.1 Å². The van der Waals surface area contributed by atoms with Gasteiger partial charge in [0, 0.05) is 13.1 Å². The van der Waals surface area contributed by atoms with Gasteiger partial charge >= 0.3 is 6.18 Å². The molecule has 1 aromatic heterocycles. The summed E-state index contributed by atoms with van der Waals surface area (Å²) in [6.07, 6.45) is -2.43. The van der Waals surface area contributed by atoms with E-state index in [4.69, 9.17) is 5.73 Å². The maximum atomic E-state index is 12.1. The standard InChI is InChI=1S/C6H8F3N3/c7-6(8,9)5-3-11-4-12(5)2-1-10/h3-4H,1-2,10H2. The Morgan fingerprint density at radius 3 is 2.67 bits per heavy atom. The molecule has 6 heteroatoms. The van der Waals surface area contributed by atoms with Gasteiger partial charge in [-0.05, 0) is 0 Å². The van der Waals surface area contributed by atoms with Crippen molar-refractivity contribution in [3.8, 4) is 0 Å². The number of rotatable bonds is 2. The summed E-state index contributed by atoms with van der Waals surface area (Å²) in [6, 6.07) is 0. The number of halogens is 3. The lowest BCUT2D eigenvalue weighted by molar-refractivity contribution is -0.143. The third-order valence-corrected chi connectivity index (χ3v) is 1.37. The van der Waals surface area contributed by atoms with E-state index in [1.165, 1.54) is 0 Å². The Morgan fingerprint density at radius 1 is 1.50 bits per heavy atom. The monoisotopic (exact) mass is 179 g/mol. The van der Waals surface area contributed by atoms with Crippen LogP contribution < -0.4 is 5.73 Å². The zero-order chi connectivity index (χ0) is 9.19. The van der Waals surface area contributed by atoms with Crippen LogP contribution in [0.3, 0.4) is 0 Å². The summed E-state index contributed by atoms with van der Waals surface area (Å²) in [5.74, 6) is 0. The minimum atomic E-state index is -4.34. The molecule has 0 atom stereocenters. The molecule has 0 aromatic carbocycles. The molecule has 1 rings (SSSR count). The van der Waals surface area contributed by atoms with Crippen LogP contribution in [0.25, 0.3) is 0 Å². The van der Waals surface area contributed by atoms with Gasteiger partial charge in [-0.2, -0.15) is 13.2 Å². The Labute approximate surface area is 67.0 Å². The van der Waals surface area contributed by atoms with E-state index in [2.05, 4.69) is 4.98 Å². The van der Waals surface area contributed by atoms with Gasteiger partial charge in [-0.1, -0.05) is 0 Å². The lowest BCUT2D eigenvalue weighted by atomic mass is 10.4. The summed E-state index contributed by atoms with van der Waals surface area (Å²) in [6.45, 7) is 0.300. The molecule has 0 spiro atoms. The highest BCUT2D eigenvalue weighted by Crippen LogP contribution is 2.28. The Morgan fingerprint density at radius 2 is 2.17 bits per heavy atom. The highest BCUT2D eigenvalue weighted by atomic mass is 19.4. The smallest absolute Gasteiger partial charge is 0.329 e. The largest absolute Gasteiger partial charge is 0.432 e. The van der Waals surface area contributed by atoms with E-state index in [-0.39, 0.29) is 13.1 Å². The fourth-order valence-corrected chi connectivity index (χ4v) is 0.874. The molecule has 1 heterocycles. The van der Waals surface area contributed by atoms with Crippen LogP contribution in [0, 0.1) is 0 Å². The third kappa shape index (κ3) is 1.76. The zero-order valence-electron chi connectivity index (χ0n) is 6.17. The summed E-state index contributed by atoms with van der Waals surface area (Å²) in [5, 5.41) is 0. The lowest BCUT2D eigenvalue weighted by Gasteiger charge is -2.08. The van der Waals surface area contributed by atoms with Crippen molar-refractivity contribution < 1.29 is 13.2 Å². The van der Waals surface area contributed by atoms with Crippen LogP contribution in [0.15, 0.2) is 12.5 Å². The highest BCUT2D eigenvalue weighted by Gasteiger charge is 2.34. The molecular formula is C6H8F3N3. The van der Waals surface area contributed by atoms with Crippen molar-refractivity contribution in [1.82, 2.24) is 9.55 Å². The van der Waals surface area contributed by atoms with Gasteiger partial charge in [-0.25, -0.2) is 4.98 Å². The molecule has 0 saturated carbocycles. The maximum Gasteiger partial charge on any atom is 0.432 e. The molecule has 2 N–H and O–H groups in total. The molecule has 0 aliphatic carbocycles. The minimum Gasteiger partial charge on any atom is -0.329 e. The number of alkyl halides is 3. The van der Waals surface area contributed by atoms with Gasteiger partial charge in [0.25, 0.3) is 0 Å². The molecule has 0 fully saturated rings. The second kappa shape index (κ2) is 3.14. The zero-order valence-corrected chi connectivity index (χ0v) is 6.17. The van der Waals surface area contributed by atoms with Crippen molar-refractivity contribution in [2.24, 2.45) is 5.73 Å². The molecule has 12 heavy (non-hydrogen) atoms. The summed E-state index contributed by atoms with van der Waals surface area (Å²) in [7, 11) is 0. The second-order valence-corrected chi connectivity index (χ2v) is 2.26. The van der Waals surface area contributed by atoms with Crippen LogP contribution in [0.1, 0.15) is 5.69 Å². The van der Waals surface area contributed by atoms with Crippen molar-refractivity contribution in [2.45, 2.75) is 12.7 Å². The van der Waals surface area contributed by atoms with Crippen molar-refractivity contribution in [1.29, 1.82) is 0 Å². The van der Waals surface area contributed by atoms with E-state index in [1.807, 2.05) is 0 Å². The van der Waals surface area contributed by atoms with Crippen molar-refractivity contribution in [3.63, 3.8) is 0 Å². The summed E-state index contributed by atoms with van der Waals surface area (Å²) >= 11 is 0. The number of nitrogens with zero attached hydrogens (tertiary/aromatic N) is 2.